The molecule has 0 bridgehead atoms. The number of unbranched alkanes of at least 4 members (excludes halogenated alkanes) is 3. The Kier molecular flexibility index (Phi) is 233. The Balaban J connectivity index is -0.0000000160. The lowest BCUT2D eigenvalue weighted by molar-refractivity contribution is 0.261. The summed E-state index contributed by atoms with van der Waals surface area (Å²) in [6, 6.07) is 0. The van der Waals surface area contributed by atoms with Gasteiger partial charge < -0.3 is 59.7 Å². The van der Waals surface area contributed by atoms with E-state index in [1.807, 2.05) is 0 Å². The molecule has 0 heterocycles. The van der Waals surface area contributed by atoms with E-state index in [4.69, 9.17) is 0 Å². The van der Waals surface area contributed by atoms with E-state index in [1.165, 1.54) is 58.2 Å². The molecular weight excluding hydrogens is 318 g/mol. The maximum absolute atomic E-state index is 2.64. The standard InChI is InChI=1S/C12H27N.10H2O/c1-4-7-10-13(11-8-5-2)12-9-6-3;;;;;;;;;;/h4-12H2,1-3H3;10*1H2. The predicted molar refractivity (Wildman–Crippen MR) is 97.3 cm³/mol. The van der Waals surface area contributed by atoms with E-state index in [9.17, 15) is 0 Å². The van der Waals surface area contributed by atoms with Gasteiger partial charge in [0, 0.05) is 0 Å². The molecule has 23 heavy (non-hydrogen) atoms. The van der Waals surface area contributed by atoms with Gasteiger partial charge in [0.2, 0.25) is 0 Å². The molecule has 0 unspecified atom stereocenters. The highest BCUT2D eigenvalue weighted by atomic mass is 16.0. The number of nitrogens with zero attached hydrogens (tertiary/aromatic N) is 1. The summed E-state index contributed by atoms with van der Waals surface area (Å²) in [5.74, 6) is 0. The number of hydrogen-bond acceptors (Lipinski definition) is 1. The molecule has 11 heteroatoms. The minimum Gasteiger partial charge on any atom is -0.412 e. The molecule has 20 N–H and O–H groups in total. The third-order valence-electron chi connectivity index (χ3n) is 2.48. The van der Waals surface area contributed by atoms with E-state index in [1.54, 1.807) is 0 Å². The molecule has 0 spiro atoms. The van der Waals surface area contributed by atoms with Crippen molar-refractivity contribution < 1.29 is 54.8 Å². The molecular formula is C12H47NO10. The maximum atomic E-state index is 2.64. The summed E-state index contributed by atoms with van der Waals surface area (Å²) in [5.41, 5.74) is 0. The van der Waals surface area contributed by atoms with Crippen LogP contribution in [0.5, 0.6) is 0 Å². The van der Waals surface area contributed by atoms with Crippen LogP contribution in [0.15, 0.2) is 0 Å². The molecule has 0 aliphatic rings. The Morgan fingerprint density at radius 2 is 0.565 bits per heavy atom. The fraction of sp³-hybridized carbons (Fsp3) is 1.00. The Hall–Kier alpha value is -0.440. The summed E-state index contributed by atoms with van der Waals surface area (Å²) in [5, 5.41) is 0. The molecule has 0 fully saturated rings. The first kappa shape index (κ1) is 78.5. The largest absolute Gasteiger partial charge is 0.412 e. The van der Waals surface area contributed by atoms with Gasteiger partial charge in [0.25, 0.3) is 0 Å². The normalized spacial score (nSPS) is 6.26. The topological polar surface area (TPSA) is 318 Å². The summed E-state index contributed by atoms with van der Waals surface area (Å²) in [7, 11) is 0. The average molecular weight is 366 g/mol. The van der Waals surface area contributed by atoms with Gasteiger partial charge in [-0.1, -0.05) is 40.0 Å². The molecule has 0 amide bonds. The van der Waals surface area contributed by atoms with Gasteiger partial charge in [-0.3, -0.25) is 0 Å². The smallest absolute Gasteiger partial charge is 0.00188 e. The van der Waals surface area contributed by atoms with Gasteiger partial charge in [0.1, 0.15) is 0 Å². The van der Waals surface area contributed by atoms with Crippen molar-refractivity contribution in [1.29, 1.82) is 0 Å². The van der Waals surface area contributed by atoms with Crippen LogP contribution >= 0.6 is 0 Å². The van der Waals surface area contributed by atoms with Gasteiger partial charge in [0.05, 0.1) is 0 Å². The Labute approximate surface area is 139 Å². The zero-order valence-electron chi connectivity index (χ0n) is 14.8. The minimum absolute atomic E-state index is 0. The quantitative estimate of drug-likeness (QED) is 0.382. The van der Waals surface area contributed by atoms with Crippen LogP contribution in [0.3, 0.4) is 0 Å². The summed E-state index contributed by atoms with van der Waals surface area (Å²) in [6.45, 7) is 10.8. The van der Waals surface area contributed by atoms with E-state index in [2.05, 4.69) is 25.7 Å². The van der Waals surface area contributed by atoms with Crippen molar-refractivity contribution in [3.63, 3.8) is 0 Å². The fourth-order valence-electron chi connectivity index (χ4n) is 1.48. The number of rotatable bonds is 9. The second-order valence-corrected chi connectivity index (χ2v) is 3.90. The molecule has 0 aromatic rings. The van der Waals surface area contributed by atoms with Crippen molar-refractivity contribution in [1.82, 2.24) is 4.90 Å². The van der Waals surface area contributed by atoms with E-state index in [0.29, 0.717) is 0 Å². The van der Waals surface area contributed by atoms with Gasteiger partial charge in [-0.25, -0.2) is 0 Å². The van der Waals surface area contributed by atoms with E-state index >= 15 is 0 Å². The third kappa shape index (κ3) is 61.7. The molecule has 0 rings (SSSR count). The monoisotopic (exact) mass is 365 g/mol. The Morgan fingerprint density at radius 1 is 0.391 bits per heavy atom. The maximum Gasteiger partial charge on any atom is -0.00188 e. The highest BCUT2D eigenvalue weighted by Gasteiger charge is 2.01. The van der Waals surface area contributed by atoms with Gasteiger partial charge in [-0.15, -0.1) is 0 Å². The summed E-state index contributed by atoms with van der Waals surface area (Å²) in [6.07, 6.45) is 8.09. The Morgan fingerprint density at radius 3 is 0.696 bits per heavy atom. The molecule has 0 saturated carbocycles. The van der Waals surface area contributed by atoms with Gasteiger partial charge in [0.15, 0.2) is 0 Å². The average Bonchev–Trinajstić information content (AvgIpc) is 2.17. The van der Waals surface area contributed by atoms with E-state index in [0.717, 1.165) is 0 Å². The predicted octanol–water partition coefficient (Wildman–Crippen LogP) is -4.56. The molecule has 0 atom stereocenters. The van der Waals surface area contributed by atoms with Gasteiger partial charge in [-0.05, 0) is 38.9 Å². The first-order valence-corrected chi connectivity index (χ1v) is 6.07. The van der Waals surface area contributed by atoms with Crippen LogP contribution in [0, 0.1) is 0 Å². The van der Waals surface area contributed by atoms with Crippen molar-refractivity contribution >= 4 is 0 Å². The molecule has 0 saturated heterocycles. The van der Waals surface area contributed by atoms with Crippen molar-refractivity contribution in [3.05, 3.63) is 0 Å². The van der Waals surface area contributed by atoms with Crippen molar-refractivity contribution in [2.45, 2.75) is 59.3 Å². The molecule has 0 aliphatic heterocycles. The first-order valence-electron chi connectivity index (χ1n) is 6.07. The lowest BCUT2D eigenvalue weighted by Crippen LogP contribution is -2.27. The zero-order chi connectivity index (χ0) is 9.94. The van der Waals surface area contributed by atoms with E-state index < -0.39 is 0 Å². The second kappa shape index (κ2) is 68.2. The highest BCUT2D eigenvalue weighted by Crippen LogP contribution is 2.01. The van der Waals surface area contributed by atoms with Crippen LogP contribution in [-0.2, 0) is 0 Å². The van der Waals surface area contributed by atoms with Crippen molar-refractivity contribution in [3.8, 4) is 0 Å². The van der Waals surface area contributed by atoms with Crippen molar-refractivity contribution in [2.75, 3.05) is 19.6 Å². The molecule has 0 aromatic carbocycles. The van der Waals surface area contributed by atoms with Crippen LogP contribution in [0.1, 0.15) is 59.3 Å². The molecule has 11 nitrogen and oxygen atoms in total. The van der Waals surface area contributed by atoms with Crippen LogP contribution < -0.4 is 0 Å². The minimum atomic E-state index is 0. The van der Waals surface area contributed by atoms with Crippen LogP contribution in [0.2, 0.25) is 0 Å². The lowest BCUT2D eigenvalue weighted by Gasteiger charge is -2.21. The van der Waals surface area contributed by atoms with Gasteiger partial charge >= 0.3 is 0 Å². The SMILES string of the molecule is CCCCN(CCCC)CCCC.O.O.O.O.O.O.O.O.O.O. The van der Waals surface area contributed by atoms with E-state index in [-0.39, 0.29) is 54.8 Å². The highest BCUT2D eigenvalue weighted by molar-refractivity contribution is 4.57. The van der Waals surface area contributed by atoms with Crippen LogP contribution in [0.25, 0.3) is 0 Å². The molecule has 0 radical (unpaired) electrons. The van der Waals surface area contributed by atoms with Gasteiger partial charge in [-0.2, -0.15) is 0 Å². The molecule has 0 aliphatic carbocycles. The number of hydrogen-bond donors (Lipinski definition) is 0. The second-order valence-electron chi connectivity index (χ2n) is 3.90. The lowest BCUT2D eigenvalue weighted by atomic mass is 10.2. The molecule has 0 aromatic heterocycles. The van der Waals surface area contributed by atoms with Crippen LogP contribution in [-0.4, -0.2) is 79.3 Å². The van der Waals surface area contributed by atoms with Crippen molar-refractivity contribution in [2.24, 2.45) is 0 Å². The zero-order valence-corrected chi connectivity index (χ0v) is 14.8. The summed E-state index contributed by atoms with van der Waals surface area (Å²) < 4.78 is 0. The third-order valence-corrected chi connectivity index (χ3v) is 2.48. The molecule has 160 valence electrons. The fourth-order valence-corrected chi connectivity index (χ4v) is 1.48. The first-order chi connectivity index (χ1) is 6.35. The summed E-state index contributed by atoms with van der Waals surface area (Å²) in [4.78, 5) is 2.64. The summed E-state index contributed by atoms with van der Waals surface area (Å²) >= 11 is 0. The Bertz CT molecular complexity index is 94.8. The van der Waals surface area contributed by atoms with Crippen LogP contribution in [0.4, 0.5) is 0 Å².